The quantitative estimate of drug-likeness (QED) is 0.170. The van der Waals surface area contributed by atoms with Gasteiger partial charge in [0.2, 0.25) is 0 Å². The number of nitrogens with zero attached hydrogens (tertiary/aromatic N) is 3. The van der Waals surface area contributed by atoms with E-state index in [0.29, 0.717) is 16.0 Å². The second-order valence-electron chi connectivity index (χ2n) is 9.29. The van der Waals surface area contributed by atoms with E-state index in [0.717, 1.165) is 24.4 Å². The van der Waals surface area contributed by atoms with Crippen molar-refractivity contribution in [3.8, 4) is 45.5 Å². The van der Waals surface area contributed by atoms with Gasteiger partial charge in [0, 0.05) is 12.1 Å². The zero-order valence-corrected chi connectivity index (χ0v) is 24.4. The van der Waals surface area contributed by atoms with Crippen LogP contribution in [-0.2, 0) is 12.7 Å². The van der Waals surface area contributed by atoms with Gasteiger partial charge in [-0.15, -0.1) is 0 Å². The molecule has 1 N–H and O–H groups in total. The molecule has 0 bridgehead atoms. The van der Waals surface area contributed by atoms with Gasteiger partial charge in [0.25, 0.3) is 5.91 Å². The van der Waals surface area contributed by atoms with Crippen LogP contribution in [0.3, 0.4) is 0 Å². The van der Waals surface area contributed by atoms with Crippen LogP contribution in [0.5, 0.6) is 17.2 Å². The molecule has 0 aliphatic carbocycles. The minimum Gasteiger partial charge on any atom is -0.496 e. The molecule has 0 saturated carbocycles. The molecule has 1 amide bonds. The summed E-state index contributed by atoms with van der Waals surface area (Å²) in [5, 5.41) is 9.91. The monoisotopic (exact) mass is 648 g/mol. The SMILES string of the molecule is COc1cc(OC)c(CNC(=O)c2c(-c3c(F)cccc3Cl)noc2-c2cnn(-c3ccccc3F)c2C(F)(F)F)c(OC)c1. The highest BCUT2D eigenvalue weighted by Gasteiger charge is 2.42. The number of amides is 1. The van der Waals surface area contributed by atoms with Crippen LogP contribution in [-0.4, -0.2) is 42.2 Å². The number of nitrogens with one attached hydrogen (secondary N) is 1. The number of hydrogen-bond acceptors (Lipinski definition) is 7. The molecule has 15 heteroatoms. The number of rotatable bonds is 9. The van der Waals surface area contributed by atoms with Crippen molar-refractivity contribution in [2.75, 3.05) is 21.3 Å². The van der Waals surface area contributed by atoms with Crippen molar-refractivity contribution in [1.29, 1.82) is 0 Å². The van der Waals surface area contributed by atoms with Crippen molar-refractivity contribution in [3.63, 3.8) is 0 Å². The van der Waals surface area contributed by atoms with Crippen LogP contribution in [0.25, 0.3) is 28.3 Å². The summed E-state index contributed by atoms with van der Waals surface area (Å²) >= 11 is 6.25. The summed E-state index contributed by atoms with van der Waals surface area (Å²) in [6.45, 7) is -0.273. The van der Waals surface area contributed by atoms with E-state index >= 15 is 4.39 Å². The normalized spacial score (nSPS) is 11.4. The zero-order valence-electron chi connectivity index (χ0n) is 23.6. The third-order valence-corrected chi connectivity index (χ3v) is 7.04. The summed E-state index contributed by atoms with van der Waals surface area (Å²) in [6.07, 6.45) is -4.39. The number of carbonyl (C=O) groups is 1. The van der Waals surface area contributed by atoms with Gasteiger partial charge < -0.3 is 24.1 Å². The Hall–Kier alpha value is -5.11. The summed E-state index contributed by atoms with van der Waals surface area (Å²) in [6, 6.07) is 11.4. The predicted molar refractivity (Wildman–Crippen MR) is 152 cm³/mol. The summed E-state index contributed by atoms with van der Waals surface area (Å²) < 4.78 is 95.0. The van der Waals surface area contributed by atoms with Crippen LogP contribution < -0.4 is 19.5 Å². The van der Waals surface area contributed by atoms with Gasteiger partial charge in [-0.05, 0) is 24.3 Å². The molecule has 5 rings (SSSR count). The van der Waals surface area contributed by atoms with Crippen molar-refractivity contribution in [2.24, 2.45) is 0 Å². The maximum absolute atomic E-state index is 15.1. The Balaban J connectivity index is 1.68. The van der Waals surface area contributed by atoms with Crippen LogP contribution in [0.2, 0.25) is 5.02 Å². The molecule has 234 valence electrons. The van der Waals surface area contributed by atoms with Crippen LogP contribution in [0.4, 0.5) is 22.0 Å². The van der Waals surface area contributed by atoms with E-state index in [1.807, 2.05) is 0 Å². The van der Waals surface area contributed by atoms with Gasteiger partial charge in [-0.1, -0.05) is 35.0 Å². The molecule has 2 aromatic heterocycles. The number of halogens is 6. The fourth-order valence-corrected chi connectivity index (χ4v) is 4.93. The van der Waals surface area contributed by atoms with Gasteiger partial charge in [0.15, 0.2) is 11.5 Å². The summed E-state index contributed by atoms with van der Waals surface area (Å²) in [4.78, 5) is 13.9. The fraction of sp³-hybridized carbons (Fsp3) is 0.167. The topological polar surface area (TPSA) is 101 Å². The van der Waals surface area contributed by atoms with E-state index in [-0.39, 0.29) is 23.1 Å². The highest BCUT2D eigenvalue weighted by atomic mass is 35.5. The Labute approximate surface area is 257 Å². The smallest absolute Gasteiger partial charge is 0.434 e. The van der Waals surface area contributed by atoms with Crippen LogP contribution >= 0.6 is 11.6 Å². The molecule has 0 aliphatic heterocycles. The molecule has 0 radical (unpaired) electrons. The molecular weight excluding hydrogens is 627 g/mol. The van der Waals surface area contributed by atoms with E-state index in [4.69, 9.17) is 30.3 Å². The summed E-state index contributed by atoms with van der Waals surface area (Å²) in [5.74, 6) is -2.73. The third-order valence-electron chi connectivity index (χ3n) is 6.72. The third kappa shape index (κ3) is 5.88. The Kier molecular flexibility index (Phi) is 8.68. The average Bonchev–Trinajstić information content (AvgIpc) is 3.65. The van der Waals surface area contributed by atoms with E-state index in [1.165, 1.54) is 57.7 Å². The maximum atomic E-state index is 15.1. The molecule has 0 saturated heterocycles. The summed E-state index contributed by atoms with van der Waals surface area (Å²) in [5.41, 5.74) is -3.87. The van der Waals surface area contributed by atoms with Gasteiger partial charge in [0.05, 0.1) is 55.8 Å². The Morgan fingerprint density at radius 2 is 1.64 bits per heavy atom. The first-order valence-corrected chi connectivity index (χ1v) is 13.3. The van der Waals surface area contributed by atoms with E-state index in [1.54, 1.807) is 0 Å². The lowest BCUT2D eigenvalue weighted by molar-refractivity contribution is -0.142. The first kappa shape index (κ1) is 31.3. The van der Waals surface area contributed by atoms with Crippen molar-refractivity contribution in [3.05, 3.63) is 94.3 Å². The average molecular weight is 649 g/mol. The van der Waals surface area contributed by atoms with Crippen molar-refractivity contribution < 1.29 is 45.5 Å². The van der Waals surface area contributed by atoms with Crippen LogP contribution in [0.15, 0.2) is 65.3 Å². The second kappa shape index (κ2) is 12.5. The Morgan fingerprint density at radius 3 is 2.24 bits per heavy atom. The number of carbonyl (C=O) groups excluding carboxylic acids is 1. The molecule has 0 unspecified atom stereocenters. The van der Waals surface area contributed by atoms with E-state index < -0.39 is 63.2 Å². The predicted octanol–water partition coefficient (Wildman–Crippen LogP) is 7.10. The van der Waals surface area contributed by atoms with Crippen molar-refractivity contribution >= 4 is 17.5 Å². The minimum atomic E-state index is -5.13. The van der Waals surface area contributed by atoms with Gasteiger partial charge in [-0.3, -0.25) is 4.79 Å². The lowest BCUT2D eigenvalue weighted by atomic mass is 10.0. The van der Waals surface area contributed by atoms with Gasteiger partial charge in [-0.2, -0.15) is 18.3 Å². The lowest BCUT2D eigenvalue weighted by Crippen LogP contribution is -2.24. The van der Waals surface area contributed by atoms with Crippen LogP contribution in [0.1, 0.15) is 21.6 Å². The molecule has 0 spiro atoms. The molecule has 45 heavy (non-hydrogen) atoms. The fourth-order valence-electron chi connectivity index (χ4n) is 4.68. The first-order valence-electron chi connectivity index (χ1n) is 12.9. The molecule has 2 heterocycles. The molecule has 3 aromatic carbocycles. The minimum absolute atomic E-state index is 0.194. The zero-order chi connectivity index (χ0) is 32.5. The van der Waals surface area contributed by atoms with Gasteiger partial charge >= 0.3 is 6.18 Å². The molecule has 5 aromatic rings. The maximum Gasteiger partial charge on any atom is 0.434 e. The molecule has 9 nitrogen and oxygen atoms in total. The van der Waals surface area contributed by atoms with Crippen molar-refractivity contribution in [1.82, 2.24) is 20.3 Å². The number of hydrogen-bond donors (Lipinski definition) is 1. The summed E-state index contributed by atoms with van der Waals surface area (Å²) in [7, 11) is 4.19. The Bertz CT molecular complexity index is 1840. The lowest BCUT2D eigenvalue weighted by Gasteiger charge is -2.16. The van der Waals surface area contributed by atoms with Gasteiger partial charge in [-0.25, -0.2) is 13.5 Å². The first-order chi connectivity index (χ1) is 21.5. The standard InChI is InChI=1S/C30H22ClF5N4O5/c1-42-15-11-22(43-2)16(23(12-15)44-3)13-37-29(41)25-26(24-18(31)7-6-9-20(24)33)39-45-27(25)17-14-38-40(28(17)30(34,35)36)21-10-5-4-8-19(21)32/h4-12,14H,13H2,1-3H3,(H,37,41). The van der Waals surface area contributed by atoms with Crippen molar-refractivity contribution in [2.45, 2.75) is 12.7 Å². The number of benzene rings is 3. The molecular formula is C30H22ClF5N4O5. The molecule has 0 atom stereocenters. The number of alkyl halides is 3. The largest absolute Gasteiger partial charge is 0.496 e. The van der Waals surface area contributed by atoms with E-state index in [2.05, 4.69) is 15.6 Å². The number of methoxy groups -OCH3 is 3. The molecule has 0 aliphatic rings. The van der Waals surface area contributed by atoms with E-state index in [9.17, 15) is 22.4 Å². The highest BCUT2D eigenvalue weighted by Crippen LogP contribution is 2.43. The molecule has 0 fully saturated rings. The van der Waals surface area contributed by atoms with Crippen LogP contribution in [0, 0.1) is 11.6 Å². The van der Waals surface area contributed by atoms with Gasteiger partial charge in [0.1, 0.15) is 45.8 Å². The number of para-hydroxylation sites is 1. The highest BCUT2D eigenvalue weighted by molar-refractivity contribution is 6.33. The number of aromatic nitrogens is 3. The Morgan fingerprint density at radius 1 is 0.978 bits per heavy atom. The second-order valence-corrected chi connectivity index (χ2v) is 9.70. The number of ether oxygens (including phenoxy) is 3.